The van der Waals surface area contributed by atoms with Crippen LogP contribution < -0.4 is 4.90 Å². The van der Waals surface area contributed by atoms with Crippen LogP contribution in [0.5, 0.6) is 0 Å². The third-order valence-corrected chi connectivity index (χ3v) is 4.17. The van der Waals surface area contributed by atoms with Crippen molar-refractivity contribution in [2.24, 2.45) is 5.92 Å². The number of rotatable bonds is 7. The first kappa shape index (κ1) is 13.3. The Balaban J connectivity index is 2.12. The molecule has 1 aromatic heterocycles. The van der Waals surface area contributed by atoms with Gasteiger partial charge in [0.2, 0.25) is 0 Å². The number of nitrogens with zero attached hydrogens (tertiary/aromatic N) is 2. The van der Waals surface area contributed by atoms with E-state index in [9.17, 15) is 4.79 Å². The van der Waals surface area contributed by atoms with Crippen molar-refractivity contribution in [3.05, 3.63) is 11.1 Å². The minimum atomic E-state index is -0.969. The zero-order chi connectivity index (χ0) is 13.1. The van der Waals surface area contributed by atoms with E-state index in [-0.39, 0.29) is 5.69 Å². The number of aromatic carboxylic acids is 1. The van der Waals surface area contributed by atoms with Crippen molar-refractivity contribution in [1.82, 2.24) is 4.98 Å². The van der Waals surface area contributed by atoms with E-state index in [0.717, 1.165) is 11.7 Å². The second-order valence-corrected chi connectivity index (χ2v) is 5.42. The Kier molecular flexibility index (Phi) is 4.19. The number of thiazole rings is 1. The summed E-state index contributed by atoms with van der Waals surface area (Å²) >= 11 is 1.39. The molecule has 18 heavy (non-hydrogen) atoms. The molecule has 0 aliphatic heterocycles. The summed E-state index contributed by atoms with van der Waals surface area (Å²) in [6.45, 7) is 3.55. The van der Waals surface area contributed by atoms with Gasteiger partial charge in [0.25, 0.3) is 0 Å². The number of methoxy groups -OCH3 is 1. The van der Waals surface area contributed by atoms with Crippen LogP contribution in [0.4, 0.5) is 5.13 Å². The van der Waals surface area contributed by atoms with Crippen molar-refractivity contribution in [2.75, 3.05) is 25.2 Å². The molecule has 0 bridgehead atoms. The van der Waals surface area contributed by atoms with Crippen LogP contribution in [0.25, 0.3) is 0 Å². The third kappa shape index (κ3) is 3.00. The molecule has 100 valence electrons. The summed E-state index contributed by atoms with van der Waals surface area (Å²) in [6.07, 6.45) is 2.50. The van der Waals surface area contributed by atoms with E-state index < -0.39 is 5.97 Å². The van der Waals surface area contributed by atoms with E-state index in [2.05, 4.69) is 16.8 Å². The van der Waals surface area contributed by atoms with Crippen LogP contribution in [0.3, 0.4) is 0 Å². The monoisotopic (exact) mass is 270 g/mol. The predicted octanol–water partition coefficient (Wildman–Crippen LogP) is 2.09. The lowest BCUT2D eigenvalue weighted by Crippen LogP contribution is -2.37. The van der Waals surface area contributed by atoms with Gasteiger partial charge in [-0.05, 0) is 25.7 Å². The number of anilines is 1. The van der Waals surface area contributed by atoms with Gasteiger partial charge in [-0.2, -0.15) is 0 Å². The van der Waals surface area contributed by atoms with Crippen molar-refractivity contribution in [1.29, 1.82) is 0 Å². The number of carboxylic acid groups (broad SMARTS) is 1. The Morgan fingerprint density at radius 2 is 2.44 bits per heavy atom. The molecule has 2 rings (SSSR count). The molecule has 1 aliphatic rings. The van der Waals surface area contributed by atoms with Crippen LogP contribution in [0, 0.1) is 5.92 Å². The number of ether oxygens (including phenoxy) is 1. The summed E-state index contributed by atoms with van der Waals surface area (Å²) in [5.74, 6) is -0.262. The van der Waals surface area contributed by atoms with Gasteiger partial charge in [-0.15, -0.1) is 11.3 Å². The molecule has 0 amide bonds. The second kappa shape index (κ2) is 5.67. The second-order valence-electron chi connectivity index (χ2n) is 4.58. The van der Waals surface area contributed by atoms with E-state index >= 15 is 0 Å². The Hall–Kier alpha value is -1.14. The van der Waals surface area contributed by atoms with Crippen LogP contribution in [-0.4, -0.2) is 42.4 Å². The molecule has 1 fully saturated rings. The van der Waals surface area contributed by atoms with Gasteiger partial charge in [0.15, 0.2) is 10.8 Å². The molecule has 1 unspecified atom stereocenters. The highest BCUT2D eigenvalue weighted by molar-refractivity contribution is 7.13. The Morgan fingerprint density at radius 3 is 2.94 bits per heavy atom. The Morgan fingerprint density at radius 1 is 1.72 bits per heavy atom. The van der Waals surface area contributed by atoms with Gasteiger partial charge in [-0.25, -0.2) is 9.78 Å². The number of carboxylic acids is 1. The minimum absolute atomic E-state index is 0.125. The molecule has 0 spiro atoms. The van der Waals surface area contributed by atoms with Crippen LogP contribution >= 0.6 is 11.3 Å². The third-order valence-electron chi connectivity index (χ3n) is 3.29. The fourth-order valence-corrected chi connectivity index (χ4v) is 2.91. The first-order chi connectivity index (χ1) is 8.63. The van der Waals surface area contributed by atoms with Gasteiger partial charge < -0.3 is 14.7 Å². The lowest BCUT2D eigenvalue weighted by atomic mass is 10.2. The lowest BCUT2D eigenvalue weighted by molar-refractivity contribution is 0.0691. The molecule has 0 aromatic carbocycles. The van der Waals surface area contributed by atoms with Gasteiger partial charge in [-0.3, -0.25) is 0 Å². The molecule has 0 radical (unpaired) electrons. The molecule has 0 saturated heterocycles. The quantitative estimate of drug-likeness (QED) is 0.822. The first-order valence-corrected chi connectivity index (χ1v) is 6.96. The van der Waals surface area contributed by atoms with E-state index in [0.29, 0.717) is 18.6 Å². The maximum Gasteiger partial charge on any atom is 0.355 e. The molecule has 1 N–H and O–H groups in total. The van der Waals surface area contributed by atoms with E-state index in [1.165, 1.54) is 24.2 Å². The zero-order valence-electron chi connectivity index (χ0n) is 10.6. The predicted molar refractivity (Wildman–Crippen MR) is 70.5 cm³/mol. The molecule has 1 atom stereocenters. The summed E-state index contributed by atoms with van der Waals surface area (Å²) in [5.41, 5.74) is 0.125. The zero-order valence-corrected chi connectivity index (χ0v) is 11.4. The first-order valence-electron chi connectivity index (χ1n) is 6.08. The smallest absolute Gasteiger partial charge is 0.355 e. The summed E-state index contributed by atoms with van der Waals surface area (Å²) in [4.78, 5) is 17.2. The highest BCUT2D eigenvalue weighted by Crippen LogP contribution is 2.37. The molecule has 5 nitrogen and oxygen atoms in total. The lowest BCUT2D eigenvalue weighted by Gasteiger charge is -2.28. The number of hydrogen-bond donors (Lipinski definition) is 1. The highest BCUT2D eigenvalue weighted by atomic mass is 32.1. The van der Waals surface area contributed by atoms with Crippen LogP contribution in [0.2, 0.25) is 0 Å². The molecular formula is C12H18N2O3S. The largest absolute Gasteiger partial charge is 0.476 e. The number of hydrogen-bond acceptors (Lipinski definition) is 5. The van der Waals surface area contributed by atoms with Gasteiger partial charge >= 0.3 is 5.97 Å². The van der Waals surface area contributed by atoms with Gasteiger partial charge in [0.05, 0.1) is 6.61 Å². The normalized spacial score (nSPS) is 16.6. The van der Waals surface area contributed by atoms with Crippen molar-refractivity contribution >= 4 is 22.4 Å². The molecular weight excluding hydrogens is 252 g/mol. The van der Waals surface area contributed by atoms with Crippen LogP contribution in [0.1, 0.15) is 30.3 Å². The molecule has 1 aromatic rings. The topological polar surface area (TPSA) is 62.7 Å². The fraction of sp³-hybridized carbons (Fsp3) is 0.667. The van der Waals surface area contributed by atoms with Crippen molar-refractivity contribution in [3.63, 3.8) is 0 Å². The molecule has 1 aliphatic carbocycles. The van der Waals surface area contributed by atoms with Crippen molar-refractivity contribution in [3.8, 4) is 0 Å². The SMILES string of the molecule is COCCN(c1nc(C(=O)O)cs1)C(C)C1CC1. The van der Waals surface area contributed by atoms with Crippen molar-refractivity contribution in [2.45, 2.75) is 25.8 Å². The van der Waals surface area contributed by atoms with E-state index in [1.807, 2.05) is 0 Å². The minimum Gasteiger partial charge on any atom is -0.476 e. The number of carbonyl (C=O) groups is 1. The maximum absolute atomic E-state index is 10.9. The van der Waals surface area contributed by atoms with Gasteiger partial charge in [-0.1, -0.05) is 0 Å². The highest BCUT2D eigenvalue weighted by Gasteiger charge is 2.33. The summed E-state index contributed by atoms with van der Waals surface area (Å²) in [6, 6.07) is 0.396. The average molecular weight is 270 g/mol. The van der Waals surface area contributed by atoms with Gasteiger partial charge in [0, 0.05) is 25.1 Å². The van der Waals surface area contributed by atoms with E-state index in [4.69, 9.17) is 9.84 Å². The standard InChI is InChI=1S/C12H18N2O3S/c1-8(9-3-4-9)14(5-6-17-2)12-13-10(7-18-12)11(15)16/h7-9H,3-6H2,1-2H3,(H,15,16). The summed E-state index contributed by atoms with van der Waals surface area (Å²) in [7, 11) is 1.67. The van der Waals surface area contributed by atoms with Crippen molar-refractivity contribution < 1.29 is 14.6 Å². The Labute approximate surface area is 110 Å². The summed E-state index contributed by atoms with van der Waals surface area (Å²) in [5, 5.41) is 11.3. The molecule has 1 heterocycles. The van der Waals surface area contributed by atoms with Crippen LogP contribution in [0.15, 0.2) is 5.38 Å². The average Bonchev–Trinajstić information content (AvgIpc) is 3.08. The Bertz CT molecular complexity index is 417. The summed E-state index contributed by atoms with van der Waals surface area (Å²) < 4.78 is 5.12. The molecule has 1 saturated carbocycles. The maximum atomic E-state index is 10.9. The van der Waals surface area contributed by atoms with E-state index in [1.54, 1.807) is 12.5 Å². The van der Waals surface area contributed by atoms with Gasteiger partial charge in [0.1, 0.15) is 0 Å². The fourth-order valence-electron chi connectivity index (χ4n) is 1.99. The molecule has 6 heteroatoms. The number of aromatic nitrogens is 1. The van der Waals surface area contributed by atoms with Crippen LogP contribution in [-0.2, 0) is 4.74 Å².